The third-order valence-corrected chi connectivity index (χ3v) is 6.84. The van der Waals surface area contributed by atoms with Gasteiger partial charge in [0.15, 0.2) is 0 Å². The number of likely N-dealkylation sites (N-methyl/N-ethyl adjacent to an activating group) is 1. The number of hydrogen-bond acceptors (Lipinski definition) is 5. The Bertz CT molecular complexity index is 597. The first-order valence-corrected chi connectivity index (χ1v) is 11.4. The third kappa shape index (κ3) is 4.54. The van der Waals surface area contributed by atoms with Gasteiger partial charge in [-0.25, -0.2) is 4.90 Å². The summed E-state index contributed by atoms with van der Waals surface area (Å²) in [5.74, 6) is 1.09. The van der Waals surface area contributed by atoms with Crippen LogP contribution >= 0.6 is 0 Å². The van der Waals surface area contributed by atoms with Gasteiger partial charge in [-0.2, -0.15) is 0 Å². The van der Waals surface area contributed by atoms with Crippen LogP contribution in [0.2, 0.25) is 0 Å². The van der Waals surface area contributed by atoms with E-state index in [0.29, 0.717) is 17.9 Å². The summed E-state index contributed by atoms with van der Waals surface area (Å²) in [5, 5.41) is 14.3. The van der Waals surface area contributed by atoms with E-state index < -0.39 is 6.41 Å². The molecule has 156 valence electrons. The molecule has 2 N–H and O–H groups in total. The summed E-state index contributed by atoms with van der Waals surface area (Å²) >= 11 is 0. The predicted octanol–water partition coefficient (Wildman–Crippen LogP) is 3.20. The summed E-state index contributed by atoms with van der Waals surface area (Å²) in [4.78, 5) is 4.63. The largest absolute Gasteiger partial charge is 0.388 e. The number of aliphatic hydroxyl groups excluding tert-OH is 1. The molecule has 0 aromatic heterocycles. The molecule has 3 aliphatic carbocycles. The average Bonchev–Trinajstić information content (AvgIpc) is 3.13. The van der Waals surface area contributed by atoms with Crippen molar-refractivity contribution in [2.75, 3.05) is 26.3 Å². The highest BCUT2D eigenvalue weighted by Gasteiger charge is 2.39. The molecule has 0 spiro atoms. The molecular formula is C23H37N3O2. The molecule has 5 heteroatoms. The topological polar surface area (TPSA) is 48.0 Å². The van der Waals surface area contributed by atoms with Gasteiger partial charge in [-0.05, 0) is 38.5 Å². The summed E-state index contributed by atoms with van der Waals surface area (Å²) in [5.41, 5.74) is 1.36. The van der Waals surface area contributed by atoms with Gasteiger partial charge in [0.1, 0.15) is 0 Å². The van der Waals surface area contributed by atoms with Crippen molar-refractivity contribution in [1.29, 1.82) is 0 Å². The lowest BCUT2D eigenvalue weighted by Crippen LogP contribution is -2.47. The van der Waals surface area contributed by atoms with Gasteiger partial charge in [0.05, 0.1) is 18.8 Å². The Morgan fingerprint density at radius 2 is 1.96 bits per heavy atom. The Hall–Kier alpha value is -1.14. The van der Waals surface area contributed by atoms with Gasteiger partial charge in [-0.1, -0.05) is 49.6 Å². The molecule has 1 heterocycles. The van der Waals surface area contributed by atoms with E-state index in [1.807, 2.05) is 0 Å². The molecule has 0 bridgehead atoms. The van der Waals surface area contributed by atoms with Crippen molar-refractivity contribution in [3.05, 3.63) is 36.1 Å². The predicted molar refractivity (Wildman–Crippen MR) is 112 cm³/mol. The van der Waals surface area contributed by atoms with E-state index in [4.69, 9.17) is 4.74 Å². The van der Waals surface area contributed by atoms with Crippen molar-refractivity contribution >= 4 is 0 Å². The number of nitrogens with zero attached hydrogens (tertiary/aromatic N) is 2. The minimum Gasteiger partial charge on any atom is -0.388 e. The highest BCUT2D eigenvalue weighted by molar-refractivity contribution is 5.25. The van der Waals surface area contributed by atoms with Crippen LogP contribution in [0.3, 0.4) is 0 Å². The molecule has 4 rings (SSSR count). The number of nitrogens with one attached hydrogen (secondary N) is 1. The van der Waals surface area contributed by atoms with Crippen molar-refractivity contribution < 1.29 is 9.84 Å². The Balaban J connectivity index is 1.43. The summed E-state index contributed by atoms with van der Waals surface area (Å²) < 4.78 is 6.02. The fourth-order valence-electron chi connectivity index (χ4n) is 5.38. The van der Waals surface area contributed by atoms with Crippen LogP contribution in [0.25, 0.3) is 0 Å². The number of aliphatic hydroxyl groups is 1. The zero-order valence-corrected chi connectivity index (χ0v) is 17.3. The average molecular weight is 388 g/mol. The minimum atomic E-state index is -0.775. The number of fused-ring (bicyclic) bond motifs is 1. The SMILES string of the molecule is CCNC1=CCCC2C=CC=CC2C1N1CCN(C(O)OC2CCCCC2)C1. The Kier molecular flexibility index (Phi) is 6.89. The maximum absolute atomic E-state index is 10.7. The van der Waals surface area contributed by atoms with Gasteiger partial charge in [0.2, 0.25) is 6.41 Å². The summed E-state index contributed by atoms with van der Waals surface area (Å²) in [6.45, 7) is 5.72. The van der Waals surface area contributed by atoms with Gasteiger partial charge >= 0.3 is 0 Å². The molecule has 5 nitrogen and oxygen atoms in total. The van der Waals surface area contributed by atoms with Crippen molar-refractivity contribution in [3.8, 4) is 0 Å². The summed E-state index contributed by atoms with van der Waals surface area (Å²) in [6.07, 6.45) is 19.3. The smallest absolute Gasteiger partial charge is 0.217 e. The standard InChI is InChI=1S/C23H37N3O2/c1-2-24-21-14-8-10-18-9-6-7-13-20(18)22(21)25-15-16-26(17-25)23(27)28-19-11-4-3-5-12-19/h6-7,9,13-14,18-20,22-24,27H,2-5,8,10-12,15-17H2,1H3. The van der Waals surface area contributed by atoms with Crippen LogP contribution in [-0.2, 0) is 4.74 Å². The van der Waals surface area contributed by atoms with E-state index in [0.717, 1.165) is 45.6 Å². The number of rotatable bonds is 6. The van der Waals surface area contributed by atoms with E-state index in [9.17, 15) is 5.11 Å². The maximum Gasteiger partial charge on any atom is 0.217 e. The molecular weight excluding hydrogens is 350 g/mol. The number of allylic oxidation sites excluding steroid dienone is 4. The second kappa shape index (κ2) is 9.57. The van der Waals surface area contributed by atoms with Crippen LogP contribution in [-0.4, -0.2) is 59.8 Å². The van der Waals surface area contributed by atoms with Crippen molar-refractivity contribution in [3.63, 3.8) is 0 Å². The molecule has 28 heavy (non-hydrogen) atoms. The highest BCUT2D eigenvalue weighted by atomic mass is 16.6. The fraction of sp³-hybridized carbons (Fsp3) is 0.739. The first-order valence-electron chi connectivity index (χ1n) is 11.4. The van der Waals surface area contributed by atoms with E-state index >= 15 is 0 Å². The van der Waals surface area contributed by atoms with Gasteiger partial charge < -0.3 is 15.2 Å². The van der Waals surface area contributed by atoms with Crippen LogP contribution in [0.1, 0.15) is 51.9 Å². The molecule has 4 aliphatic rings. The summed E-state index contributed by atoms with van der Waals surface area (Å²) in [6, 6.07) is 0.348. The molecule has 2 fully saturated rings. The molecule has 0 aromatic carbocycles. The van der Waals surface area contributed by atoms with Crippen molar-refractivity contribution in [2.24, 2.45) is 11.8 Å². The molecule has 0 radical (unpaired) electrons. The Labute approximate surface area is 170 Å². The van der Waals surface area contributed by atoms with E-state index in [2.05, 4.69) is 52.4 Å². The second-order valence-electron chi connectivity index (χ2n) is 8.71. The zero-order valence-electron chi connectivity index (χ0n) is 17.3. The van der Waals surface area contributed by atoms with Gasteiger partial charge in [-0.15, -0.1) is 0 Å². The number of hydrogen-bond donors (Lipinski definition) is 2. The molecule has 4 unspecified atom stereocenters. The maximum atomic E-state index is 10.7. The quantitative estimate of drug-likeness (QED) is 0.686. The lowest BCUT2D eigenvalue weighted by molar-refractivity contribution is -0.220. The lowest BCUT2D eigenvalue weighted by atomic mass is 9.80. The molecule has 1 aliphatic heterocycles. The van der Waals surface area contributed by atoms with Crippen LogP contribution in [0.5, 0.6) is 0 Å². The molecule has 1 saturated heterocycles. The first kappa shape index (κ1) is 20.1. The number of ether oxygens (including phenoxy) is 1. The normalized spacial score (nSPS) is 33.4. The summed E-state index contributed by atoms with van der Waals surface area (Å²) in [7, 11) is 0. The van der Waals surface area contributed by atoms with Crippen molar-refractivity contribution in [1.82, 2.24) is 15.1 Å². The first-order chi connectivity index (χ1) is 13.8. The van der Waals surface area contributed by atoms with E-state index in [1.165, 1.54) is 31.4 Å². The molecule has 0 aromatic rings. The Morgan fingerprint density at radius 1 is 1.14 bits per heavy atom. The monoisotopic (exact) mass is 387 g/mol. The Morgan fingerprint density at radius 3 is 2.79 bits per heavy atom. The third-order valence-electron chi connectivity index (χ3n) is 6.84. The fourth-order valence-corrected chi connectivity index (χ4v) is 5.38. The molecule has 1 saturated carbocycles. The van der Waals surface area contributed by atoms with E-state index in [-0.39, 0.29) is 6.10 Å². The van der Waals surface area contributed by atoms with Gasteiger partial charge in [0.25, 0.3) is 0 Å². The van der Waals surface area contributed by atoms with Crippen molar-refractivity contribution in [2.45, 2.75) is 70.4 Å². The molecule has 0 amide bonds. The van der Waals surface area contributed by atoms with Crippen LogP contribution in [0.4, 0.5) is 0 Å². The van der Waals surface area contributed by atoms with Crippen LogP contribution in [0.15, 0.2) is 36.1 Å². The van der Waals surface area contributed by atoms with Crippen LogP contribution in [0, 0.1) is 11.8 Å². The zero-order chi connectivity index (χ0) is 19.3. The van der Waals surface area contributed by atoms with Gasteiger partial charge in [0, 0.05) is 31.2 Å². The van der Waals surface area contributed by atoms with Crippen LogP contribution < -0.4 is 5.32 Å². The highest BCUT2D eigenvalue weighted by Crippen LogP contribution is 2.36. The minimum absolute atomic E-state index is 0.226. The molecule has 4 atom stereocenters. The van der Waals surface area contributed by atoms with Gasteiger partial charge in [-0.3, -0.25) is 4.90 Å². The lowest BCUT2D eigenvalue weighted by Gasteiger charge is -2.38. The van der Waals surface area contributed by atoms with E-state index in [1.54, 1.807) is 0 Å². The second-order valence-corrected chi connectivity index (χ2v) is 8.71.